The topological polar surface area (TPSA) is 46.1 Å². The van der Waals surface area contributed by atoms with Crippen molar-refractivity contribution >= 4 is 101 Å². The fraction of sp³-hybridized carbons (Fsp3) is 0. The maximum atomic E-state index is 10.5. The quantitative estimate of drug-likeness (QED) is 0.391. The molecule has 0 amide bonds. The van der Waals surface area contributed by atoms with Crippen molar-refractivity contribution in [1.82, 2.24) is 0 Å². The first-order valence-electron chi connectivity index (χ1n) is 4.64. The molecule has 2 aromatic rings. The van der Waals surface area contributed by atoms with E-state index in [1.54, 1.807) is 0 Å². The first kappa shape index (κ1) is 23.3. The zero-order chi connectivity index (χ0) is 13.7. The van der Waals surface area contributed by atoms with E-state index in [4.69, 9.17) is 46.4 Å². The van der Waals surface area contributed by atoms with E-state index in [0.29, 0.717) is 20.1 Å². The van der Waals surface area contributed by atoms with Gasteiger partial charge in [0.15, 0.2) is 0 Å². The Morgan fingerprint density at radius 3 is 1.05 bits per heavy atom. The molecule has 0 aliphatic carbocycles. The van der Waals surface area contributed by atoms with Crippen molar-refractivity contribution in [2.45, 2.75) is 0 Å². The summed E-state index contributed by atoms with van der Waals surface area (Å²) >= 11 is 22.0. The smallest absolute Gasteiger partial charge is 0.872 e. The van der Waals surface area contributed by atoms with E-state index in [1.807, 2.05) is 0 Å². The van der Waals surface area contributed by atoms with E-state index < -0.39 is 0 Å². The molecule has 0 atom stereocenters. The zero-order valence-corrected chi connectivity index (χ0v) is 21.9. The molecule has 0 N–H and O–H groups in total. The Morgan fingerprint density at radius 1 is 0.550 bits per heavy atom. The van der Waals surface area contributed by atoms with Crippen LogP contribution in [0.25, 0.3) is 0 Å². The fourth-order valence-corrected chi connectivity index (χ4v) is 1.53. The first-order valence-corrected chi connectivity index (χ1v) is 6.15. The molecule has 0 aliphatic rings. The number of rotatable bonds is 0. The second-order valence-electron chi connectivity index (χ2n) is 3.15. The Morgan fingerprint density at radius 2 is 0.850 bits per heavy atom. The van der Waals surface area contributed by atoms with Crippen LogP contribution in [0.1, 0.15) is 0 Å². The minimum Gasteiger partial charge on any atom is -0.872 e. The van der Waals surface area contributed by atoms with Crippen molar-refractivity contribution < 1.29 is 10.2 Å². The molecule has 0 aliphatic heterocycles. The number of benzene rings is 2. The van der Waals surface area contributed by atoms with Gasteiger partial charge in [0.05, 0.1) is 20.1 Å². The molecule has 0 radical (unpaired) electrons. The number of hydrogen-bond donors (Lipinski definition) is 0. The van der Waals surface area contributed by atoms with Crippen LogP contribution in [0.3, 0.4) is 0 Å². The summed E-state index contributed by atoms with van der Waals surface area (Å²) in [5.41, 5.74) is 0. The molecule has 2 rings (SSSR count). The molecule has 0 fully saturated rings. The summed E-state index contributed by atoms with van der Waals surface area (Å²) in [5.74, 6) is -0.242. The van der Waals surface area contributed by atoms with Crippen LogP contribution in [0, 0.1) is 0 Å². The number of hydrogen-bond acceptors (Lipinski definition) is 2. The van der Waals surface area contributed by atoms with Crippen LogP contribution in [0.2, 0.25) is 20.1 Å². The largest absolute Gasteiger partial charge is 1.00 e. The molecule has 2 aromatic carbocycles. The van der Waals surface area contributed by atoms with E-state index in [2.05, 4.69) is 0 Å². The van der Waals surface area contributed by atoms with Gasteiger partial charge in [0.2, 0.25) is 0 Å². The van der Waals surface area contributed by atoms with E-state index in [1.165, 1.54) is 36.4 Å². The predicted molar refractivity (Wildman–Crippen MR) is 83.3 cm³/mol. The molecular formula is C12H6Cl4O2Tl2. The van der Waals surface area contributed by atoms with Gasteiger partial charge in [-0.2, -0.15) is 0 Å². The molecule has 0 bridgehead atoms. The molecule has 8 heteroatoms. The van der Waals surface area contributed by atoms with Crippen LogP contribution >= 0.6 is 46.4 Å². The van der Waals surface area contributed by atoms with Crippen LogP contribution < -0.4 is 10.2 Å². The summed E-state index contributed by atoms with van der Waals surface area (Å²) in [4.78, 5) is 0. The van der Waals surface area contributed by atoms with Gasteiger partial charge >= 0.3 is 54.6 Å². The van der Waals surface area contributed by atoms with E-state index in [-0.39, 0.29) is 66.1 Å². The minimum absolute atomic E-state index is 0. The summed E-state index contributed by atoms with van der Waals surface area (Å²) < 4.78 is 0. The molecule has 100 valence electrons. The molecule has 0 unspecified atom stereocenters. The van der Waals surface area contributed by atoms with Gasteiger partial charge in [-0.1, -0.05) is 58.5 Å². The Bertz CT molecular complexity index is 503. The Hall–Kier alpha value is 1.04. The minimum atomic E-state index is -0.121. The molecule has 0 heterocycles. The van der Waals surface area contributed by atoms with Crippen molar-refractivity contribution in [2.75, 3.05) is 0 Å². The third-order valence-electron chi connectivity index (χ3n) is 1.78. The second-order valence-corrected chi connectivity index (χ2v) is 4.78. The van der Waals surface area contributed by atoms with Crippen LogP contribution in [0.4, 0.5) is 0 Å². The Kier molecular flexibility index (Phi) is 13.5. The van der Waals surface area contributed by atoms with Gasteiger partial charge in [0, 0.05) is 0 Å². The van der Waals surface area contributed by atoms with Crippen molar-refractivity contribution in [3.8, 4) is 11.5 Å². The average molecular weight is 733 g/mol. The van der Waals surface area contributed by atoms with E-state index >= 15 is 0 Å². The molecule has 2 nitrogen and oxygen atoms in total. The van der Waals surface area contributed by atoms with Gasteiger partial charge in [-0.15, -0.1) is 11.5 Å². The zero-order valence-electron chi connectivity index (χ0n) is 9.95. The van der Waals surface area contributed by atoms with Gasteiger partial charge < -0.3 is 10.2 Å². The van der Waals surface area contributed by atoms with Gasteiger partial charge in [-0.3, -0.25) is 0 Å². The van der Waals surface area contributed by atoms with Gasteiger partial charge in [0.1, 0.15) is 0 Å². The summed E-state index contributed by atoms with van der Waals surface area (Å²) in [6, 6.07) is 8.26. The average Bonchev–Trinajstić information content (AvgIpc) is 2.30. The molecule has 0 aromatic heterocycles. The molecule has 20 heavy (non-hydrogen) atoms. The van der Waals surface area contributed by atoms with Crippen molar-refractivity contribution in [1.29, 1.82) is 0 Å². The Labute approximate surface area is 177 Å². The first-order chi connectivity index (χ1) is 8.40. The maximum absolute atomic E-state index is 10.5. The number of halogens is 4. The van der Waals surface area contributed by atoms with Crippen LogP contribution in [-0.2, 0) is 0 Å². The van der Waals surface area contributed by atoms with E-state index in [9.17, 15) is 10.2 Å². The van der Waals surface area contributed by atoms with Crippen molar-refractivity contribution in [3.63, 3.8) is 0 Å². The van der Waals surface area contributed by atoms with Crippen LogP contribution in [0.15, 0.2) is 36.4 Å². The monoisotopic (exact) mass is 732 g/mol. The van der Waals surface area contributed by atoms with Crippen LogP contribution in [-0.4, -0.2) is 54.6 Å². The van der Waals surface area contributed by atoms with E-state index in [0.717, 1.165) is 0 Å². The third kappa shape index (κ3) is 8.48. The summed E-state index contributed by atoms with van der Waals surface area (Å²) in [5, 5.41) is 22.4. The van der Waals surface area contributed by atoms with Gasteiger partial charge in [-0.25, -0.2) is 0 Å². The molecule has 0 spiro atoms. The summed E-state index contributed by atoms with van der Waals surface area (Å²) in [7, 11) is 0. The summed E-state index contributed by atoms with van der Waals surface area (Å²) in [6.07, 6.45) is 0. The third-order valence-corrected chi connectivity index (χ3v) is 3.26. The fourth-order valence-electron chi connectivity index (χ4n) is 0.954. The second kappa shape index (κ2) is 11.6. The molecular weight excluding hydrogens is 727 g/mol. The van der Waals surface area contributed by atoms with Crippen LogP contribution in [0.5, 0.6) is 11.5 Å². The maximum Gasteiger partial charge on any atom is 1.00 e. The standard InChI is InChI=1S/2C6H4Cl2O.2Tl/c2*7-5-2-1-4(9)3-6(5)8;;/h2*1-3,9H;;/q;;2*+1/p-2. The molecule has 0 saturated heterocycles. The Balaban J connectivity index is 0. The SMILES string of the molecule is [O-]c1ccc(Cl)c(Cl)c1.[O-]c1ccc(Cl)c(Cl)c1.[Tl+].[Tl+]. The van der Waals surface area contributed by atoms with Crippen molar-refractivity contribution in [3.05, 3.63) is 56.5 Å². The predicted octanol–water partition coefficient (Wildman–Crippen LogP) is 3.37. The summed E-state index contributed by atoms with van der Waals surface area (Å²) in [6.45, 7) is 0. The normalized spacial score (nSPS) is 8.60. The van der Waals surface area contributed by atoms with Crippen molar-refractivity contribution in [2.24, 2.45) is 0 Å². The van der Waals surface area contributed by atoms with Gasteiger partial charge in [0.25, 0.3) is 0 Å². The van der Waals surface area contributed by atoms with Gasteiger partial charge in [-0.05, 0) is 24.3 Å². The molecule has 0 saturated carbocycles.